The van der Waals surface area contributed by atoms with E-state index >= 15 is 0 Å². The summed E-state index contributed by atoms with van der Waals surface area (Å²) in [5.74, 6) is 0. The standard InChI is InChI=1S/3C44H27NOS/c1-3-14-28(15-4-1)30-21-11-24-35-36-25-13-23-34(44(36)47-43(30)35)32-19-8-7-18-31(32)33-22-12-26-38-40-42(46-41(33)38)37-20-9-10-27-39(37)45(40)29-16-5-2-6-17-29;1-3-13-28(14-4-1)29-25-26-40-38(27-29)35-22-12-21-34(44(35)47-40)32-18-8-7-17-31(32)33-20-11-23-37-41-43(46-42(33)37)36-19-9-10-24-39(36)45(41)30-15-5-2-6-16-30;1-3-12-28(13-4-1)29-22-24-34-35-25-23-30(27-41(35)47-40(34)26-29)32-16-7-8-17-33(32)36-19-11-20-38-42-44(46-43(36)38)37-18-9-10-21-39(37)45(42)31-14-5-2-6-15-31/h3*1-27H. The fourth-order valence-electron chi connectivity index (χ4n) is 22.0. The van der Waals surface area contributed by atoms with Crippen molar-refractivity contribution in [2.45, 2.75) is 0 Å². The fraction of sp³-hybridized carbons (Fsp3) is 0. The number of aromatic nitrogens is 3. The zero-order chi connectivity index (χ0) is 92.7. The van der Waals surface area contributed by atoms with Gasteiger partial charge in [0.05, 0.1) is 16.6 Å². The van der Waals surface area contributed by atoms with E-state index < -0.39 is 0 Å². The lowest BCUT2D eigenvalue weighted by atomic mass is 9.93. The molecule has 0 aliphatic rings. The van der Waals surface area contributed by atoms with E-state index in [2.05, 4.69) is 505 Å². The number of hydrogen-bond acceptors (Lipinski definition) is 6. The number of benzene rings is 21. The maximum atomic E-state index is 6.93. The van der Waals surface area contributed by atoms with Gasteiger partial charge in [-0.05, 0) is 188 Å². The van der Waals surface area contributed by atoms with Gasteiger partial charge in [0.15, 0.2) is 16.7 Å². The van der Waals surface area contributed by atoms with Crippen molar-refractivity contribution in [1.82, 2.24) is 13.7 Å². The molecule has 141 heavy (non-hydrogen) atoms. The van der Waals surface area contributed by atoms with Gasteiger partial charge in [-0.15, -0.1) is 34.0 Å². The van der Waals surface area contributed by atoms with Gasteiger partial charge in [-0.1, -0.05) is 376 Å². The summed E-state index contributed by atoms with van der Waals surface area (Å²) in [6.45, 7) is 0. The Morgan fingerprint density at radius 1 is 0.142 bits per heavy atom. The van der Waals surface area contributed by atoms with Crippen molar-refractivity contribution in [3.8, 4) is 117 Å². The van der Waals surface area contributed by atoms with Gasteiger partial charge in [0, 0.05) is 138 Å². The molecule has 0 N–H and O–H groups in total. The van der Waals surface area contributed by atoms with E-state index in [-0.39, 0.29) is 0 Å². The third-order valence-corrected chi connectivity index (χ3v) is 31.9. The summed E-state index contributed by atoms with van der Waals surface area (Å²) in [6.07, 6.45) is 0. The second-order valence-corrected chi connectivity index (χ2v) is 39.3. The third-order valence-electron chi connectivity index (χ3n) is 28.3. The predicted octanol–water partition coefficient (Wildman–Crippen LogP) is 38.7. The summed E-state index contributed by atoms with van der Waals surface area (Å²) in [5, 5.41) is 14.5. The number of nitrogens with zero attached hydrogens (tertiary/aromatic N) is 3. The molecule has 30 rings (SSSR count). The van der Waals surface area contributed by atoms with Gasteiger partial charge in [0.1, 0.15) is 33.3 Å². The first-order valence-corrected chi connectivity index (χ1v) is 50.3. The van der Waals surface area contributed by atoms with Crippen molar-refractivity contribution in [1.29, 1.82) is 0 Å². The second-order valence-electron chi connectivity index (χ2n) is 36.2. The Labute approximate surface area is 822 Å². The molecule has 9 aromatic heterocycles. The average molecular weight is 1850 g/mol. The maximum absolute atomic E-state index is 6.93. The van der Waals surface area contributed by atoms with Crippen molar-refractivity contribution >= 4 is 193 Å². The smallest absolute Gasteiger partial charge is 0.161 e. The van der Waals surface area contributed by atoms with Crippen molar-refractivity contribution in [2.24, 2.45) is 0 Å². The quantitative estimate of drug-likeness (QED) is 0.122. The predicted molar refractivity (Wildman–Crippen MR) is 599 cm³/mol. The summed E-state index contributed by atoms with van der Waals surface area (Å²) in [6, 6.07) is 176. The SMILES string of the molecule is c1ccc(-c2ccc3c(c2)sc2cc(-c4ccccc4-c4cccc5c4oc4c6ccccc6n(-c6ccccc6)c54)ccc23)cc1.c1ccc(-c2ccc3sc4c(-c5ccccc5-c5cccc6c5oc5c7ccccc7n(-c7ccccc7)c65)cccc4c3c2)cc1.c1ccc(-c2cccc3c2sc2c(-c4ccccc4-c4cccc5c4oc4c6ccccc6n(-c6ccccc6)c54)cccc23)cc1. The van der Waals surface area contributed by atoms with Crippen LogP contribution in [0.2, 0.25) is 0 Å². The van der Waals surface area contributed by atoms with Crippen LogP contribution in [0.25, 0.3) is 277 Å². The van der Waals surface area contributed by atoms with Crippen molar-refractivity contribution < 1.29 is 13.3 Å². The summed E-state index contributed by atoms with van der Waals surface area (Å²) in [4.78, 5) is 0. The van der Waals surface area contributed by atoms with Gasteiger partial charge in [0.2, 0.25) is 0 Å². The van der Waals surface area contributed by atoms with Crippen LogP contribution in [0.1, 0.15) is 0 Å². The lowest BCUT2D eigenvalue weighted by Crippen LogP contribution is -1.93. The molecule has 0 amide bonds. The molecule has 6 nitrogen and oxygen atoms in total. The van der Waals surface area contributed by atoms with E-state index in [0.29, 0.717) is 0 Å². The summed E-state index contributed by atoms with van der Waals surface area (Å²) in [7, 11) is 0. The second kappa shape index (κ2) is 33.6. The Kier molecular flexibility index (Phi) is 19.5. The average Bonchev–Trinajstić information content (AvgIpc) is 1.54. The van der Waals surface area contributed by atoms with Gasteiger partial charge in [-0.2, -0.15) is 0 Å². The summed E-state index contributed by atoms with van der Waals surface area (Å²) in [5.41, 5.74) is 37.2. The van der Waals surface area contributed by atoms with Gasteiger partial charge in [0.25, 0.3) is 0 Å². The largest absolute Gasteiger partial charge is 0.453 e. The van der Waals surface area contributed by atoms with E-state index in [9.17, 15) is 0 Å². The van der Waals surface area contributed by atoms with Gasteiger partial charge < -0.3 is 27.0 Å². The monoisotopic (exact) mass is 1850 g/mol. The number of hydrogen-bond donors (Lipinski definition) is 0. The molecule has 0 saturated carbocycles. The molecule has 0 spiro atoms. The zero-order valence-electron chi connectivity index (χ0n) is 76.1. The third kappa shape index (κ3) is 13.4. The van der Waals surface area contributed by atoms with Crippen LogP contribution < -0.4 is 0 Å². The van der Waals surface area contributed by atoms with Crippen LogP contribution in [0.5, 0.6) is 0 Å². The molecule has 21 aromatic carbocycles. The Morgan fingerprint density at radius 2 is 0.426 bits per heavy atom. The Hall–Kier alpha value is -17.7. The van der Waals surface area contributed by atoms with Crippen LogP contribution in [-0.2, 0) is 0 Å². The van der Waals surface area contributed by atoms with Crippen molar-refractivity contribution in [2.75, 3.05) is 0 Å². The van der Waals surface area contributed by atoms with Crippen LogP contribution in [0.3, 0.4) is 0 Å². The molecule has 9 heterocycles. The number of thiophene rings is 3. The minimum Gasteiger partial charge on any atom is -0.453 e. The molecule has 30 aromatic rings. The Balaban J connectivity index is 0.000000104. The zero-order valence-corrected chi connectivity index (χ0v) is 78.5. The lowest BCUT2D eigenvalue weighted by Gasteiger charge is -2.12. The summed E-state index contributed by atoms with van der Waals surface area (Å²) >= 11 is 5.63. The molecule has 0 radical (unpaired) electrons. The van der Waals surface area contributed by atoms with Crippen LogP contribution >= 0.6 is 34.0 Å². The fourth-order valence-corrected chi connectivity index (χ4v) is 25.7. The highest BCUT2D eigenvalue weighted by Crippen LogP contribution is 2.53. The number of furan rings is 3. The van der Waals surface area contributed by atoms with Gasteiger partial charge in [-0.3, -0.25) is 0 Å². The first kappa shape index (κ1) is 81.6. The topological polar surface area (TPSA) is 54.2 Å². The first-order chi connectivity index (χ1) is 70.0. The molecular formula is C132H81N3O3S3. The van der Waals surface area contributed by atoms with Gasteiger partial charge >= 0.3 is 0 Å². The van der Waals surface area contributed by atoms with Gasteiger partial charge in [-0.25, -0.2) is 0 Å². The maximum Gasteiger partial charge on any atom is 0.161 e. The van der Waals surface area contributed by atoms with Crippen LogP contribution in [0.4, 0.5) is 0 Å². The molecule has 660 valence electrons. The Bertz CT molecular complexity index is 10200. The van der Waals surface area contributed by atoms with Crippen molar-refractivity contribution in [3.63, 3.8) is 0 Å². The molecule has 0 unspecified atom stereocenters. The van der Waals surface area contributed by atoms with E-state index in [0.717, 1.165) is 138 Å². The highest BCUT2D eigenvalue weighted by molar-refractivity contribution is 7.27. The summed E-state index contributed by atoms with van der Waals surface area (Å²) < 4.78 is 35.6. The molecule has 0 aliphatic heterocycles. The van der Waals surface area contributed by atoms with E-state index in [4.69, 9.17) is 13.3 Å². The van der Waals surface area contributed by atoms with E-state index in [1.165, 1.54) is 138 Å². The van der Waals surface area contributed by atoms with E-state index in [1.807, 2.05) is 34.0 Å². The highest BCUT2D eigenvalue weighted by atomic mass is 32.1. The molecule has 0 bridgehead atoms. The molecule has 0 aliphatic carbocycles. The normalized spacial score (nSPS) is 11.8. The minimum atomic E-state index is 0.912. The Morgan fingerprint density at radius 3 is 0.851 bits per heavy atom. The minimum absolute atomic E-state index is 0.912. The van der Waals surface area contributed by atoms with Crippen LogP contribution in [-0.4, -0.2) is 13.7 Å². The lowest BCUT2D eigenvalue weighted by molar-refractivity contribution is 0.673. The van der Waals surface area contributed by atoms with Crippen molar-refractivity contribution in [3.05, 3.63) is 491 Å². The number of para-hydroxylation sites is 9. The molecule has 0 atom stereocenters. The number of fused-ring (bicyclic) bond motifs is 24. The molecule has 0 saturated heterocycles. The van der Waals surface area contributed by atoms with Crippen LogP contribution in [0, 0.1) is 0 Å². The highest BCUT2D eigenvalue weighted by Gasteiger charge is 2.29. The molecule has 0 fully saturated rings. The molecule has 9 heteroatoms. The molecular weight excluding hydrogens is 1770 g/mol. The first-order valence-electron chi connectivity index (χ1n) is 47.8. The van der Waals surface area contributed by atoms with Crippen LogP contribution in [0.15, 0.2) is 505 Å². The van der Waals surface area contributed by atoms with E-state index in [1.54, 1.807) is 0 Å². The number of rotatable bonds is 12.